The Labute approximate surface area is 84.9 Å². The summed E-state index contributed by atoms with van der Waals surface area (Å²) >= 11 is 23.6. The summed E-state index contributed by atoms with van der Waals surface area (Å²) in [6, 6.07) is 0. The maximum Gasteiger partial charge on any atom is 0.104 e. The first kappa shape index (κ1) is 8.71. The van der Waals surface area contributed by atoms with Crippen molar-refractivity contribution in [2.75, 3.05) is 0 Å². The lowest BCUT2D eigenvalue weighted by Gasteiger charge is -2.26. The fourth-order valence-corrected chi connectivity index (χ4v) is 2.83. The van der Waals surface area contributed by atoms with Crippen molar-refractivity contribution < 1.29 is 4.74 Å². The largest absolute Gasteiger partial charge is 0.366 e. The van der Waals surface area contributed by atoms with E-state index in [0.29, 0.717) is 0 Å². The van der Waals surface area contributed by atoms with Crippen LogP contribution in [0.3, 0.4) is 0 Å². The molecule has 0 bridgehead atoms. The molecule has 5 heteroatoms. The quantitative estimate of drug-likeness (QED) is 0.464. The lowest BCUT2D eigenvalue weighted by molar-refractivity contribution is 0.376. The van der Waals surface area contributed by atoms with Crippen LogP contribution in [0.4, 0.5) is 0 Å². The van der Waals surface area contributed by atoms with Crippen LogP contribution in [0.15, 0.2) is 0 Å². The molecule has 11 heavy (non-hydrogen) atoms. The Hall–Kier alpha value is 1.12. The summed E-state index contributed by atoms with van der Waals surface area (Å²) in [5.41, 5.74) is 0. The van der Waals surface area contributed by atoms with E-state index in [1.54, 1.807) is 0 Å². The number of halogens is 4. The van der Waals surface area contributed by atoms with E-state index in [1.165, 1.54) is 0 Å². The minimum Gasteiger partial charge on any atom is -0.366 e. The average Bonchev–Trinajstić information content (AvgIpc) is 2.76. The number of fused-ring (bicyclic) bond motifs is 1. The smallest absolute Gasteiger partial charge is 0.104 e. The molecule has 2 fully saturated rings. The number of hydrogen-bond acceptors (Lipinski definition) is 1. The summed E-state index contributed by atoms with van der Waals surface area (Å²) in [4.78, 5) is 0. The fourth-order valence-electron chi connectivity index (χ4n) is 1.36. The third-order valence-corrected chi connectivity index (χ3v) is 4.61. The van der Waals surface area contributed by atoms with Gasteiger partial charge in [0.1, 0.15) is 12.2 Å². The van der Waals surface area contributed by atoms with Crippen LogP contribution in [-0.2, 0) is 4.74 Å². The molecular formula is C6H6Cl4O. The van der Waals surface area contributed by atoms with Crippen molar-refractivity contribution in [2.45, 2.75) is 33.7 Å². The molecule has 2 unspecified atom stereocenters. The Morgan fingerprint density at radius 3 is 1.36 bits per heavy atom. The molecule has 1 aliphatic carbocycles. The van der Waals surface area contributed by atoms with Crippen LogP contribution in [-0.4, -0.2) is 33.7 Å². The highest BCUT2D eigenvalue weighted by molar-refractivity contribution is 6.39. The van der Waals surface area contributed by atoms with E-state index >= 15 is 0 Å². The number of hydrogen-bond donors (Lipinski definition) is 0. The molecule has 0 radical (unpaired) electrons. The second kappa shape index (κ2) is 2.81. The normalized spacial score (nSPS) is 62.2. The predicted octanol–water partition coefficient (Wildman–Crippen LogP) is 2.20. The average molecular weight is 236 g/mol. The molecule has 64 valence electrons. The van der Waals surface area contributed by atoms with Gasteiger partial charge in [-0.3, -0.25) is 0 Å². The van der Waals surface area contributed by atoms with E-state index in [2.05, 4.69) is 0 Å². The summed E-state index contributed by atoms with van der Waals surface area (Å²) in [5.74, 6) is 0. The molecule has 2 rings (SSSR count). The summed E-state index contributed by atoms with van der Waals surface area (Å²) in [7, 11) is 0. The molecular weight excluding hydrogens is 230 g/mol. The van der Waals surface area contributed by atoms with E-state index in [1.807, 2.05) is 0 Å². The standard InChI is InChI=1S/C6H6Cl4O/c7-1-2(8)4(10)6-5(11-6)3(1)9/h1-6H/t1-,2+,3+,4-,5?,6?. The first-order chi connectivity index (χ1) is 5.13. The van der Waals surface area contributed by atoms with Crippen LogP contribution in [0.5, 0.6) is 0 Å². The van der Waals surface area contributed by atoms with E-state index in [4.69, 9.17) is 51.1 Å². The van der Waals surface area contributed by atoms with E-state index in [9.17, 15) is 0 Å². The molecule has 0 spiro atoms. The van der Waals surface area contributed by atoms with Crippen molar-refractivity contribution in [3.63, 3.8) is 0 Å². The van der Waals surface area contributed by atoms with Gasteiger partial charge >= 0.3 is 0 Å². The Balaban J connectivity index is 2.13. The predicted molar refractivity (Wildman–Crippen MR) is 47.2 cm³/mol. The van der Waals surface area contributed by atoms with Gasteiger partial charge in [-0.1, -0.05) is 0 Å². The Morgan fingerprint density at radius 1 is 0.636 bits per heavy atom. The zero-order valence-electron chi connectivity index (χ0n) is 5.38. The second-order valence-electron chi connectivity index (χ2n) is 2.84. The van der Waals surface area contributed by atoms with Gasteiger partial charge in [0.2, 0.25) is 0 Å². The first-order valence-corrected chi connectivity index (χ1v) is 5.09. The molecule has 1 saturated carbocycles. The minimum absolute atomic E-state index is 0.0247. The molecule has 1 aliphatic heterocycles. The third-order valence-electron chi connectivity index (χ3n) is 2.10. The molecule has 0 aromatic carbocycles. The maximum atomic E-state index is 5.92. The van der Waals surface area contributed by atoms with Crippen LogP contribution in [0.1, 0.15) is 0 Å². The SMILES string of the molecule is Cl[C@@H]1[C@H](Cl)[C@@H](Cl)C2OC2[C@H]1Cl. The van der Waals surface area contributed by atoms with Crippen LogP contribution >= 0.6 is 46.4 Å². The van der Waals surface area contributed by atoms with Crippen LogP contribution in [0.2, 0.25) is 0 Å². The highest BCUT2D eigenvalue weighted by Crippen LogP contribution is 2.46. The third kappa shape index (κ3) is 1.26. The zero-order valence-corrected chi connectivity index (χ0v) is 8.41. The van der Waals surface area contributed by atoms with Crippen molar-refractivity contribution in [1.29, 1.82) is 0 Å². The first-order valence-electron chi connectivity index (χ1n) is 3.34. The number of ether oxygens (including phenoxy) is 1. The van der Waals surface area contributed by atoms with E-state index < -0.39 is 0 Å². The highest BCUT2D eigenvalue weighted by Gasteiger charge is 2.59. The van der Waals surface area contributed by atoms with Gasteiger partial charge < -0.3 is 4.74 Å². The molecule has 1 heterocycles. The number of epoxide rings is 1. The van der Waals surface area contributed by atoms with Crippen molar-refractivity contribution in [2.24, 2.45) is 0 Å². The molecule has 6 atom stereocenters. The van der Waals surface area contributed by atoms with Gasteiger partial charge in [0.15, 0.2) is 0 Å². The molecule has 1 saturated heterocycles. The van der Waals surface area contributed by atoms with Crippen LogP contribution in [0.25, 0.3) is 0 Å². The van der Waals surface area contributed by atoms with Gasteiger partial charge in [-0.05, 0) is 0 Å². The van der Waals surface area contributed by atoms with Crippen LogP contribution < -0.4 is 0 Å². The van der Waals surface area contributed by atoms with Gasteiger partial charge in [0.25, 0.3) is 0 Å². The van der Waals surface area contributed by atoms with Crippen molar-refractivity contribution in [1.82, 2.24) is 0 Å². The van der Waals surface area contributed by atoms with Gasteiger partial charge in [-0.15, -0.1) is 46.4 Å². The summed E-state index contributed by atoms with van der Waals surface area (Å²) in [6.07, 6.45) is 0.0494. The zero-order chi connectivity index (χ0) is 8.17. The molecule has 0 amide bonds. The number of alkyl halides is 4. The molecule has 1 nitrogen and oxygen atoms in total. The molecule has 0 aromatic rings. The topological polar surface area (TPSA) is 12.5 Å². The Morgan fingerprint density at radius 2 is 1.00 bits per heavy atom. The van der Waals surface area contributed by atoms with Gasteiger partial charge in [-0.25, -0.2) is 0 Å². The molecule has 2 aliphatic rings. The Kier molecular flexibility index (Phi) is 2.23. The molecule has 0 aromatic heterocycles. The van der Waals surface area contributed by atoms with Gasteiger partial charge in [-0.2, -0.15) is 0 Å². The Bertz CT molecular complexity index is 158. The van der Waals surface area contributed by atoms with Crippen molar-refractivity contribution in [3.8, 4) is 0 Å². The second-order valence-corrected chi connectivity index (χ2v) is 4.86. The lowest BCUT2D eigenvalue weighted by atomic mass is 9.99. The fraction of sp³-hybridized carbons (Fsp3) is 1.00. The van der Waals surface area contributed by atoms with Gasteiger partial charge in [0.05, 0.1) is 21.5 Å². The lowest BCUT2D eigenvalue weighted by Crippen LogP contribution is -2.43. The van der Waals surface area contributed by atoms with Crippen LogP contribution in [0, 0.1) is 0 Å². The van der Waals surface area contributed by atoms with E-state index in [0.717, 1.165) is 0 Å². The summed E-state index contributed by atoms with van der Waals surface area (Å²) < 4.78 is 5.21. The van der Waals surface area contributed by atoms with Crippen molar-refractivity contribution in [3.05, 3.63) is 0 Å². The maximum absolute atomic E-state index is 5.92. The van der Waals surface area contributed by atoms with Crippen molar-refractivity contribution >= 4 is 46.4 Å². The van der Waals surface area contributed by atoms with Gasteiger partial charge in [0, 0.05) is 0 Å². The van der Waals surface area contributed by atoms with E-state index in [-0.39, 0.29) is 33.7 Å². The highest BCUT2D eigenvalue weighted by atomic mass is 35.5. The number of rotatable bonds is 0. The monoisotopic (exact) mass is 234 g/mol. The minimum atomic E-state index is -0.287. The summed E-state index contributed by atoms with van der Waals surface area (Å²) in [5, 5.41) is -0.965. The summed E-state index contributed by atoms with van der Waals surface area (Å²) in [6.45, 7) is 0. The molecule has 0 N–H and O–H groups in total.